The Balaban J connectivity index is 1.22. The van der Waals surface area contributed by atoms with E-state index < -0.39 is 40.5 Å². The molecular weight excluding hydrogens is 504 g/mol. The Bertz CT molecular complexity index is 1000. The van der Waals surface area contributed by atoms with Gasteiger partial charge in [-0.25, -0.2) is 4.79 Å². The monoisotopic (exact) mass is 550 g/mol. The summed E-state index contributed by atoms with van der Waals surface area (Å²) in [6, 6.07) is 0. The molecule has 0 bridgehead atoms. The molecule has 9 nitrogen and oxygen atoms in total. The number of ether oxygens (including phenoxy) is 4. The molecule has 2 heterocycles. The van der Waals surface area contributed by atoms with Gasteiger partial charge in [-0.3, -0.25) is 0 Å². The number of carbonyl (C=O) groups is 1. The maximum Gasteiger partial charge on any atom is 0.330 e. The predicted octanol–water partition coefficient (Wildman–Crippen LogP) is 2.23. The number of aliphatic hydroxyl groups excluding tert-OH is 2. The van der Waals surface area contributed by atoms with Crippen LogP contribution in [0.3, 0.4) is 0 Å². The van der Waals surface area contributed by atoms with Crippen molar-refractivity contribution in [1.82, 2.24) is 0 Å². The number of esters is 1. The third-order valence-corrected chi connectivity index (χ3v) is 12.6. The molecule has 12 atom stereocenters. The molecule has 6 aliphatic rings. The van der Waals surface area contributed by atoms with Crippen molar-refractivity contribution in [3.63, 3.8) is 0 Å². The lowest BCUT2D eigenvalue weighted by atomic mass is 9.40. The largest absolute Gasteiger partial charge is 0.462 e. The molecule has 5 fully saturated rings. The minimum Gasteiger partial charge on any atom is -0.462 e. The summed E-state index contributed by atoms with van der Waals surface area (Å²) in [7, 11) is 1.58. The molecule has 4 saturated carbocycles. The molecule has 0 aromatic heterocycles. The fourth-order valence-corrected chi connectivity index (χ4v) is 10.2. The summed E-state index contributed by atoms with van der Waals surface area (Å²) in [6.07, 6.45) is 7.49. The molecule has 1 spiro atoms. The molecule has 1 saturated heterocycles. The van der Waals surface area contributed by atoms with Crippen LogP contribution in [0.2, 0.25) is 0 Å². The normalized spacial score (nSPS) is 55.1. The first kappa shape index (κ1) is 28.1. The van der Waals surface area contributed by atoms with Crippen molar-refractivity contribution in [2.24, 2.45) is 28.1 Å². The first-order valence-electron chi connectivity index (χ1n) is 14.9. The average molecular weight is 551 g/mol. The van der Waals surface area contributed by atoms with E-state index in [-0.39, 0.29) is 42.0 Å². The highest BCUT2D eigenvalue weighted by Crippen LogP contribution is 2.73. The van der Waals surface area contributed by atoms with E-state index in [0.717, 1.165) is 19.3 Å². The summed E-state index contributed by atoms with van der Waals surface area (Å²) in [6.45, 7) is 4.14. The number of rotatable bonds is 4. The minimum absolute atomic E-state index is 0.00971. The standard InChI is InChI=1S/C30H46O9/c1-18-25(33)22(36-3)14-24(38-18)39-19-4-10-28(16-31)20-5-8-26(2)27(9-7-23(32)37-17-27)12-13-30(26,35)21(20)6-11-29(28,34)15-19/h7,9,18-22,24-25,31,33-35H,4-6,8,10-17H2,1-3H3/t18-,19+,20-,21+,22+,24-,25+,26-,27-,28+,29-,30+/m1/s1. The molecule has 6 rings (SSSR count). The number of methoxy groups -OCH3 is 1. The van der Waals surface area contributed by atoms with Gasteiger partial charge in [-0.05, 0) is 70.1 Å². The first-order valence-corrected chi connectivity index (χ1v) is 14.9. The van der Waals surface area contributed by atoms with E-state index in [1.54, 1.807) is 14.0 Å². The van der Waals surface area contributed by atoms with E-state index in [0.29, 0.717) is 51.6 Å². The summed E-state index contributed by atoms with van der Waals surface area (Å²) in [5.74, 6) is -0.376. The fourth-order valence-electron chi connectivity index (χ4n) is 10.2. The highest BCUT2D eigenvalue weighted by molar-refractivity contribution is 5.83. The second-order valence-electron chi connectivity index (χ2n) is 13.8. The van der Waals surface area contributed by atoms with Gasteiger partial charge in [-0.1, -0.05) is 13.0 Å². The van der Waals surface area contributed by atoms with Gasteiger partial charge in [0.05, 0.1) is 36.1 Å². The van der Waals surface area contributed by atoms with Crippen molar-refractivity contribution in [2.75, 3.05) is 20.3 Å². The first-order chi connectivity index (χ1) is 18.5. The van der Waals surface area contributed by atoms with Gasteiger partial charge in [0.2, 0.25) is 0 Å². The SMILES string of the molecule is CO[C@H]1C[C@@H](O[C@H]2CC[C@]3(CO)[C@@H]4CC[C@]5(C)[C@]6(C=CC(=O)OC6)CC[C@]5(O)[C@H]4CC[C@@]3(O)C2)O[C@H](C)[C@@H]1O. The van der Waals surface area contributed by atoms with Gasteiger partial charge in [-0.2, -0.15) is 0 Å². The Hall–Kier alpha value is -1.07. The Morgan fingerprint density at radius 3 is 2.54 bits per heavy atom. The molecule has 0 aromatic carbocycles. The van der Waals surface area contributed by atoms with Crippen LogP contribution in [0, 0.1) is 28.1 Å². The Morgan fingerprint density at radius 2 is 1.85 bits per heavy atom. The molecule has 4 aliphatic carbocycles. The Labute approximate surface area is 230 Å². The molecule has 9 heteroatoms. The number of aliphatic hydroxyl groups is 4. The van der Waals surface area contributed by atoms with Gasteiger partial charge < -0.3 is 39.4 Å². The van der Waals surface area contributed by atoms with Crippen molar-refractivity contribution in [3.8, 4) is 0 Å². The molecular formula is C30H46O9. The van der Waals surface area contributed by atoms with Gasteiger partial charge in [0.1, 0.15) is 12.7 Å². The lowest BCUT2D eigenvalue weighted by Gasteiger charge is -2.67. The van der Waals surface area contributed by atoms with Crippen LogP contribution in [0.15, 0.2) is 12.2 Å². The number of hydrogen-bond donors (Lipinski definition) is 4. The Kier molecular flexibility index (Phi) is 6.82. The van der Waals surface area contributed by atoms with Crippen LogP contribution < -0.4 is 0 Å². The van der Waals surface area contributed by atoms with Crippen LogP contribution in [0.5, 0.6) is 0 Å². The molecule has 0 amide bonds. The van der Waals surface area contributed by atoms with Crippen molar-refractivity contribution < 1.29 is 44.2 Å². The third kappa shape index (κ3) is 3.80. The zero-order valence-corrected chi connectivity index (χ0v) is 23.5. The van der Waals surface area contributed by atoms with Crippen molar-refractivity contribution in [1.29, 1.82) is 0 Å². The van der Waals surface area contributed by atoms with Gasteiger partial charge >= 0.3 is 5.97 Å². The van der Waals surface area contributed by atoms with Crippen molar-refractivity contribution in [2.45, 2.75) is 120 Å². The van der Waals surface area contributed by atoms with Gasteiger partial charge in [0.25, 0.3) is 0 Å². The summed E-state index contributed by atoms with van der Waals surface area (Å²) in [5, 5.41) is 46.0. The van der Waals surface area contributed by atoms with E-state index in [2.05, 4.69) is 6.92 Å². The van der Waals surface area contributed by atoms with E-state index >= 15 is 0 Å². The van der Waals surface area contributed by atoms with Crippen LogP contribution in [-0.2, 0) is 23.7 Å². The fraction of sp³-hybridized carbons (Fsp3) is 0.900. The van der Waals surface area contributed by atoms with E-state index in [9.17, 15) is 25.2 Å². The van der Waals surface area contributed by atoms with Crippen LogP contribution in [0.25, 0.3) is 0 Å². The second-order valence-corrected chi connectivity index (χ2v) is 13.8. The highest BCUT2D eigenvalue weighted by atomic mass is 16.7. The number of hydrogen-bond acceptors (Lipinski definition) is 9. The summed E-state index contributed by atoms with van der Waals surface area (Å²) < 4.78 is 23.2. The maximum absolute atomic E-state index is 12.5. The summed E-state index contributed by atoms with van der Waals surface area (Å²) in [4.78, 5) is 11.8. The zero-order valence-electron chi connectivity index (χ0n) is 23.5. The van der Waals surface area contributed by atoms with Crippen LogP contribution in [0.1, 0.15) is 78.1 Å². The molecule has 0 aromatic rings. The average Bonchev–Trinajstić information content (AvgIpc) is 3.14. The summed E-state index contributed by atoms with van der Waals surface area (Å²) in [5.41, 5.74) is -3.58. The molecule has 0 unspecified atom stereocenters. The molecule has 220 valence electrons. The van der Waals surface area contributed by atoms with Crippen LogP contribution in [-0.4, -0.2) is 88.6 Å². The van der Waals surface area contributed by atoms with Crippen molar-refractivity contribution in [3.05, 3.63) is 12.2 Å². The Morgan fingerprint density at radius 1 is 1.08 bits per heavy atom. The maximum atomic E-state index is 12.5. The highest BCUT2D eigenvalue weighted by Gasteiger charge is 2.74. The smallest absolute Gasteiger partial charge is 0.330 e. The number of fused-ring (bicyclic) bond motifs is 6. The van der Waals surface area contributed by atoms with Gasteiger partial charge in [0.15, 0.2) is 6.29 Å². The topological polar surface area (TPSA) is 135 Å². The van der Waals surface area contributed by atoms with Gasteiger partial charge in [0, 0.05) is 42.3 Å². The predicted molar refractivity (Wildman–Crippen MR) is 139 cm³/mol. The molecule has 0 radical (unpaired) electrons. The van der Waals surface area contributed by atoms with E-state index in [1.807, 2.05) is 6.08 Å². The van der Waals surface area contributed by atoms with E-state index in [4.69, 9.17) is 18.9 Å². The minimum atomic E-state index is -1.10. The quantitative estimate of drug-likeness (QED) is 0.307. The number of carbonyl (C=O) groups excluding carboxylic acids is 1. The van der Waals surface area contributed by atoms with Crippen molar-refractivity contribution >= 4 is 5.97 Å². The molecule has 4 N–H and O–H groups in total. The zero-order chi connectivity index (χ0) is 27.8. The number of cyclic esters (lactones) is 1. The second kappa shape index (κ2) is 9.48. The van der Waals surface area contributed by atoms with E-state index in [1.165, 1.54) is 6.08 Å². The molecule has 2 aliphatic heterocycles. The third-order valence-electron chi connectivity index (χ3n) is 12.6. The lowest BCUT2D eigenvalue weighted by molar-refractivity contribution is -0.300. The molecule has 39 heavy (non-hydrogen) atoms. The van der Waals surface area contributed by atoms with Crippen LogP contribution in [0.4, 0.5) is 0 Å². The lowest BCUT2D eigenvalue weighted by Crippen LogP contribution is -2.70. The summed E-state index contributed by atoms with van der Waals surface area (Å²) >= 11 is 0. The van der Waals surface area contributed by atoms with Gasteiger partial charge in [-0.15, -0.1) is 0 Å². The van der Waals surface area contributed by atoms with Crippen LogP contribution >= 0.6 is 0 Å².